The molecule has 0 saturated heterocycles. The molecule has 0 aliphatic rings. The van der Waals surface area contributed by atoms with Gasteiger partial charge in [-0.1, -0.05) is 35.0 Å². The van der Waals surface area contributed by atoms with Crippen molar-refractivity contribution < 1.29 is 18.4 Å². The van der Waals surface area contributed by atoms with E-state index in [1.807, 2.05) is 0 Å². The van der Waals surface area contributed by atoms with Gasteiger partial charge in [0.15, 0.2) is 6.61 Å². The van der Waals surface area contributed by atoms with Crippen molar-refractivity contribution in [3.8, 4) is 5.75 Å². The van der Waals surface area contributed by atoms with E-state index in [0.717, 1.165) is 0 Å². The van der Waals surface area contributed by atoms with E-state index in [4.69, 9.17) is 20.9 Å². The first kappa shape index (κ1) is 18.8. The Kier molecular flexibility index (Phi) is 5.71. The summed E-state index contributed by atoms with van der Waals surface area (Å²) >= 11 is 6.05. The van der Waals surface area contributed by atoms with E-state index in [1.165, 1.54) is 17.0 Å². The van der Waals surface area contributed by atoms with Crippen LogP contribution in [0, 0.1) is 12.7 Å². The number of carbonyl (C=O) groups is 1. The van der Waals surface area contributed by atoms with Crippen molar-refractivity contribution in [1.29, 1.82) is 0 Å². The maximum Gasteiger partial charge on any atom is 0.257 e. The highest BCUT2D eigenvalue weighted by Gasteiger charge is 2.19. The molecule has 0 N–H and O–H groups in total. The van der Waals surface area contributed by atoms with Crippen LogP contribution in [-0.2, 0) is 13.2 Å². The number of carbonyl (C=O) groups excluding carboxylic acids is 1. The third kappa shape index (κ3) is 4.43. The average molecular weight is 390 g/mol. The molecular formula is C19H17ClFN3O3. The quantitative estimate of drug-likeness (QED) is 0.636. The number of hydrogen-bond acceptors (Lipinski definition) is 5. The predicted octanol–water partition coefficient (Wildman–Crippen LogP) is 4.02. The summed E-state index contributed by atoms with van der Waals surface area (Å²) < 4.78 is 24.6. The van der Waals surface area contributed by atoms with Gasteiger partial charge < -0.3 is 14.2 Å². The number of para-hydroxylation sites is 1. The first-order chi connectivity index (χ1) is 13.0. The molecule has 3 rings (SSSR count). The maximum absolute atomic E-state index is 14.0. The summed E-state index contributed by atoms with van der Waals surface area (Å²) in [6.07, 6.45) is 0. The summed E-state index contributed by atoms with van der Waals surface area (Å²) in [5, 5.41) is 4.02. The molecule has 0 unspecified atom stereocenters. The van der Waals surface area contributed by atoms with Crippen LogP contribution in [0.1, 0.15) is 27.6 Å². The number of hydrogen-bond donors (Lipinski definition) is 0. The second-order valence-corrected chi connectivity index (χ2v) is 6.28. The minimum Gasteiger partial charge on any atom is -0.485 e. The second-order valence-electron chi connectivity index (χ2n) is 5.88. The van der Waals surface area contributed by atoms with E-state index in [0.29, 0.717) is 23.0 Å². The average Bonchev–Trinajstić information content (AvgIpc) is 3.08. The van der Waals surface area contributed by atoms with Crippen LogP contribution in [0.4, 0.5) is 4.39 Å². The molecule has 0 spiro atoms. The molecule has 0 aliphatic carbocycles. The molecule has 3 aromatic rings. The Bertz CT molecular complexity index is 941. The van der Waals surface area contributed by atoms with Gasteiger partial charge >= 0.3 is 0 Å². The summed E-state index contributed by atoms with van der Waals surface area (Å²) in [5.74, 6) is 0.394. The zero-order chi connectivity index (χ0) is 19.4. The molecule has 27 heavy (non-hydrogen) atoms. The van der Waals surface area contributed by atoms with Crippen molar-refractivity contribution in [2.45, 2.75) is 20.1 Å². The number of halogens is 2. The van der Waals surface area contributed by atoms with Gasteiger partial charge in [-0.25, -0.2) is 4.39 Å². The zero-order valence-corrected chi connectivity index (χ0v) is 15.5. The Balaban J connectivity index is 1.76. The fraction of sp³-hybridized carbons (Fsp3) is 0.211. The topological polar surface area (TPSA) is 68.5 Å². The number of benzene rings is 2. The molecule has 1 amide bonds. The van der Waals surface area contributed by atoms with Gasteiger partial charge in [0, 0.05) is 31.1 Å². The number of aromatic nitrogens is 2. The normalized spacial score (nSPS) is 10.7. The van der Waals surface area contributed by atoms with Crippen LogP contribution >= 0.6 is 11.6 Å². The van der Waals surface area contributed by atoms with Crippen LogP contribution in [0.25, 0.3) is 0 Å². The Labute approximate surface area is 160 Å². The number of ether oxygens (including phenoxy) is 1. The summed E-state index contributed by atoms with van der Waals surface area (Å²) in [7, 11) is 1.57. The molecule has 6 nitrogen and oxygen atoms in total. The summed E-state index contributed by atoms with van der Waals surface area (Å²) in [6, 6.07) is 11.2. The van der Waals surface area contributed by atoms with Crippen molar-refractivity contribution in [1.82, 2.24) is 15.0 Å². The van der Waals surface area contributed by atoms with Crippen LogP contribution in [0.5, 0.6) is 5.75 Å². The molecule has 0 fully saturated rings. The van der Waals surface area contributed by atoms with Gasteiger partial charge in [0.1, 0.15) is 11.6 Å². The van der Waals surface area contributed by atoms with Gasteiger partial charge in [-0.3, -0.25) is 4.79 Å². The van der Waals surface area contributed by atoms with Crippen molar-refractivity contribution in [2.24, 2.45) is 0 Å². The fourth-order valence-electron chi connectivity index (χ4n) is 2.51. The zero-order valence-electron chi connectivity index (χ0n) is 14.8. The van der Waals surface area contributed by atoms with Gasteiger partial charge in [-0.05, 0) is 24.3 Å². The lowest BCUT2D eigenvalue weighted by Gasteiger charge is -2.20. The molecule has 1 aromatic heterocycles. The standard InChI is InChI=1S/C19H17ClFN3O3/c1-12-22-18(23-27-12)11-26-17-9-4-3-6-13(17)19(25)24(2)10-14-15(20)7-5-8-16(14)21/h3-9H,10-11H2,1-2H3. The Morgan fingerprint density at radius 3 is 2.74 bits per heavy atom. The van der Waals surface area contributed by atoms with Crippen LogP contribution < -0.4 is 4.74 Å². The van der Waals surface area contributed by atoms with Crippen LogP contribution in [-0.4, -0.2) is 28.0 Å². The van der Waals surface area contributed by atoms with E-state index < -0.39 is 5.82 Å². The fourth-order valence-corrected chi connectivity index (χ4v) is 2.73. The van der Waals surface area contributed by atoms with Gasteiger partial charge in [-0.15, -0.1) is 0 Å². The molecule has 0 bridgehead atoms. The lowest BCUT2D eigenvalue weighted by atomic mass is 10.1. The van der Waals surface area contributed by atoms with Crippen molar-refractivity contribution >= 4 is 17.5 Å². The Morgan fingerprint density at radius 1 is 1.26 bits per heavy atom. The van der Waals surface area contributed by atoms with Crippen LogP contribution in [0.3, 0.4) is 0 Å². The molecular weight excluding hydrogens is 373 g/mol. The first-order valence-corrected chi connectivity index (χ1v) is 8.53. The van der Waals surface area contributed by atoms with E-state index in [9.17, 15) is 9.18 Å². The monoisotopic (exact) mass is 389 g/mol. The van der Waals surface area contributed by atoms with Gasteiger partial charge in [0.05, 0.1) is 5.56 Å². The third-order valence-corrected chi connectivity index (χ3v) is 4.20. The second kappa shape index (κ2) is 8.18. The van der Waals surface area contributed by atoms with E-state index in [1.54, 1.807) is 44.3 Å². The Morgan fingerprint density at radius 2 is 2.04 bits per heavy atom. The van der Waals surface area contributed by atoms with Crippen molar-refractivity contribution in [2.75, 3.05) is 7.05 Å². The van der Waals surface area contributed by atoms with Gasteiger partial charge in [0.25, 0.3) is 5.91 Å². The minimum absolute atomic E-state index is 0.0305. The van der Waals surface area contributed by atoms with Crippen LogP contribution in [0.15, 0.2) is 47.0 Å². The molecule has 0 radical (unpaired) electrons. The SMILES string of the molecule is Cc1nc(COc2ccccc2C(=O)N(C)Cc2c(F)cccc2Cl)no1. The number of nitrogens with zero attached hydrogens (tertiary/aromatic N) is 3. The molecule has 8 heteroatoms. The molecule has 0 aliphatic heterocycles. The van der Waals surface area contributed by atoms with Crippen LogP contribution in [0.2, 0.25) is 5.02 Å². The lowest BCUT2D eigenvalue weighted by Crippen LogP contribution is -2.27. The molecule has 0 saturated carbocycles. The molecule has 1 heterocycles. The summed E-state index contributed by atoms with van der Waals surface area (Å²) in [5.41, 5.74) is 0.600. The number of amides is 1. The van der Waals surface area contributed by atoms with E-state index >= 15 is 0 Å². The van der Waals surface area contributed by atoms with Crippen molar-refractivity contribution in [3.05, 3.63) is 76.1 Å². The predicted molar refractivity (Wildman–Crippen MR) is 97.0 cm³/mol. The highest BCUT2D eigenvalue weighted by atomic mass is 35.5. The summed E-state index contributed by atoms with van der Waals surface area (Å²) in [6.45, 7) is 1.77. The highest BCUT2D eigenvalue weighted by Crippen LogP contribution is 2.24. The number of rotatable bonds is 6. The first-order valence-electron chi connectivity index (χ1n) is 8.15. The van der Waals surface area contributed by atoms with E-state index in [-0.39, 0.29) is 29.6 Å². The maximum atomic E-state index is 14.0. The van der Waals surface area contributed by atoms with Gasteiger partial charge in [0.2, 0.25) is 11.7 Å². The highest BCUT2D eigenvalue weighted by molar-refractivity contribution is 6.31. The Hall–Kier alpha value is -2.93. The smallest absolute Gasteiger partial charge is 0.257 e. The lowest BCUT2D eigenvalue weighted by molar-refractivity contribution is 0.0779. The third-order valence-electron chi connectivity index (χ3n) is 3.85. The number of aryl methyl sites for hydroxylation is 1. The van der Waals surface area contributed by atoms with Crippen molar-refractivity contribution in [3.63, 3.8) is 0 Å². The molecule has 2 aromatic carbocycles. The summed E-state index contributed by atoms with van der Waals surface area (Å²) in [4.78, 5) is 18.3. The van der Waals surface area contributed by atoms with E-state index in [2.05, 4.69) is 10.1 Å². The molecule has 140 valence electrons. The largest absolute Gasteiger partial charge is 0.485 e. The molecule has 0 atom stereocenters. The minimum atomic E-state index is -0.459. The van der Waals surface area contributed by atoms with Gasteiger partial charge in [-0.2, -0.15) is 4.98 Å².